The van der Waals surface area contributed by atoms with E-state index < -0.39 is 0 Å². The fourth-order valence-electron chi connectivity index (χ4n) is 1.66. The summed E-state index contributed by atoms with van der Waals surface area (Å²) in [5.41, 5.74) is 6.41. The first kappa shape index (κ1) is 11.7. The van der Waals surface area contributed by atoms with E-state index in [0.29, 0.717) is 22.9 Å². The molecule has 0 aliphatic heterocycles. The topological polar surface area (TPSA) is 61.5 Å². The van der Waals surface area contributed by atoms with E-state index in [4.69, 9.17) is 15.2 Å². The number of methoxy groups -OCH3 is 1. The minimum Gasteiger partial charge on any atom is -0.496 e. The molecule has 0 radical (unpaired) electrons. The lowest BCUT2D eigenvalue weighted by Crippen LogP contribution is -2.04. The van der Waals surface area contributed by atoms with Gasteiger partial charge in [0.15, 0.2) is 0 Å². The normalized spacial score (nSPS) is 10.5. The van der Waals surface area contributed by atoms with Crippen molar-refractivity contribution in [2.24, 2.45) is 0 Å². The van der Waals surface area contributed by atoms with Crippen molar-refractivity contribution in [1.29, 1.82) is 0 Å². The van der Waals surface area contributed by atoms with Gasteiger partial charge >= 0.3 is 5.97 Å². The Labute approximate surface area is 103 Å². The van der Waals surface area contributed by atoms with Crippen molar-refractivity contribution in [3.63, 3.8) is 0 Å². The fraction of sp³-hybridized carbons (Fsp3) is 0.250. The molecule has 0 aliphatic rings. The van der Waals surface area contributed by atoms with Crippen LogP contribution in [0.2, 0.25) is 0 Å². The number of ether oxygens (including phenoxy) is 2. The molecule has 0 saturated heterocycles. The van der Waals surface area contributed by atoms with Crippen LogP contribution in [-0.4, -0.2) is 19.7 Å². The molecular weight excluding hydrogens is 238 g/mol. The molecule has 1 aromatic carbocycles. The van der Waals surface area contributed by atoms with Crippen LogP contribution in [-0.2, 0) is 4.74 Å². The average molecular weight is 251 g/mol. The molecule has 5 heteroatoms. The molecule has 0 atom stereocenters. The van der Waals surface area contributed by atoms with Crippen molar-refractivity contribution in [2.45, 2.75) is 6.92 Å². The van der Waals surface area contributed by atoms with Gasteiger partial charge in [0.05, 0.1) is 24.8 Å². The fourth-order valence-corrected chi connectivity index (χ4v) is 2.69. The van der Waals surface area contributed by atoms with E-state index in [9.17, 15) is 4.79 Å². The van der Waals surface area contributed by atoms with Crippen LogP contribution in [0.3, 0.4) is 0 Å². The van der Waals surface area contributed by atoms with Crippen LogP contribution in [0.1, 0.15) is 16.6 Å². The second kappa shape index (κ2) is 4.63. The molecule has 2 N–H and O–H groups in total. The molecule has 0 bridgehead atoms. The SMILES string of the molecule is CCOC(=O)c1sc2cccc(OC)c2c1N. The molecule has 1 aromatic heterocycles. The van der Waals surface area contributed by atoms with Crippen LogP contribution < -0.4 is 10.5 Å². The first-order valence-corrected chi connectivity index (χ1v) is 6.02. The minimum absolute atomic E-state index is 0.337. The molecule has 0 spiro atoms. The summed E-state index contributed by atoms with van der Waals surface area (Å²) < 4.78 is 11.1. The summed E-state index contributed by atoms with van der Waals surface area (Å²) in [5.74, 6) is 0.292. The van der Waals surface area contributed by atoms with Gasteiger partial charge in [0.2, 0.25) is 0 Å². The number of thiophene rings is 1. The van der Waals surface area contributed by atoms with Crippen molar-refractivity contribution in [2.75, 3.05) is 19.5 Å². The van der Waals surface area contributed by atoms with Gasteiger partial charge in [-0.25, -0.2) is 4.79 Å². The zero-order valence-electron chi connectivity index (χ0n) is 9.65. The number of rotatable bonds is 3. The largest absolute Gasteiger partial charge is 0.496 e. The molecule has 0 saturated carbocycles. The Kier molecular flexibility index (Phi) is 3.19. The summed E-state index contributed by atoms with van der Waals surface area (Å²) in [4.78, 5) is 12.1. The average Bonchev–Trinajstić information content (AvgIpc) is 2.67. The van der Waals surface area contributed by atoms with Gasteiger partial charge in [-0.05, 0) is 19.1 Å². The van der Waals surface area contributed by atoms with Gasteiger partial charge < -0.3 is 15.2 Å². The molecule has 0 fully saturated rings. The molecule has 4 nitrogen and oxygen atoms in total. The zero-order chi connectivity index (χ0) is 12.4. The lowest BCUT2D eigenvalue weighted by Gasteiger charge is -2.02. The van der Waals surface area contributed by atoms with E-state index >= 15 is 0 Å². The van der Waals surface area contributed by atoms with E-state index in [1.54, 1.807) is 14.0 Å². The number of esters is 1. The molecule has 0 unspecified atom stereocenters. The van der Waals surface area contributed by atoms with E-state index in [1.165, 1.54) is 11.3 Å². The Morgan fingerprint density at radius 1 is 1.47 bits per heavy atom. The third-order valence-electron chi connectivity index (χ3n) is 2.39. The van der Waals surface area contributed by atoms with Gasteiger partial charge in [0.25, 0.3) is 0 Å². The van der Waals surface area contributed by atoms with Crippen molar-refractivity contribution >= 4 is 33.1 Å². The van der Waals surface area contributed by atoms with Crippen LogP contribution in [0.25, 0.3) is 10.1 Å². The Bertz CT molecular complexity index is 562. The highest BCUT2D eigenvalue weighted by Gasteiger charge is 2.19. The summed E-state index contributed by atoms with van der Waals surface area (Å²) in [5, 5.41) is 0.781. The van der Waals surface area contributed by atoms with Crippen molar-refractivity contribution in [3.8, 4) is 5.75 Å². The second-order valence-corrected chi connectivity index (χ2v) is 4.45. The highest BCUT2D eigenvalue weighted by molar-refractivity contribution is 7.21. The summed E-state index contributed by atoms with van der Waals surface area (Å²) in [6, 6.07) is 5.59. The number of nitrogen functional groups attached to an aromatic ring is 1. The van der Waals surface area contributed by atoms with E-state index in [-0.39, 0.29) is 5.97 Å². The van der Waals surface area contributed by atoms with Crippen molar-refractivity contribution < 1.29 is 14.3 Å². The Morgan fingerprint density at radius 2 is 2.24 bits per heavy atom. The zero-order valence-corrected chi connectivity index (χ0v) is 10.5. The van der Waals surface area contributed by atoms with Gasteiger partial charge in [0.1, 0.15) is 10.6 Å². The van der Waals surface area contributed by atoms with Gasteiger partial charge in [-0.2, -0.15) is 0 Å². The molecule has 1 heterocycles. The van der Waals surface area contributed by atoms with Gasteiger partial charge in [-0.1, -0.05) is 6.07 Å². The van der Waals surface area contributed by atoms with Crippen molar-refractivity contribution in [1.82, 2.24) is 0 Å². The quantitative estimate of drug-likeness (QED) is 0.852. The van der Waals surface area contributed by atoms with Crippen molar-refractivity contribution in [3.05, 3.63) is 23.1 Å². The highest BCUT2D eigenvalue weighted by atomic mass is 32.1. The highest BCUT2D eigenvalue weighted by Crippen LogP contribution is 2.39. The van der Waals surface area contributed by atoms with Crippen LogP contribution in [0, 0.1) is 0 Å². The maximum absolute atomic E-state index is 11.7. The predicted octanol–water partition coefficient (Wildman–Crippen LogP) is 2.67. The Balaban J connectivity index is 2.61. The van der Waals surface area contributed by atoms with Crippen LogP contribution in [0.15, 0.2) is 18.2 Å². The summed E-state index contributed by atoms with van der Waals surface area (Å²) in [6.45, 7) is 2.10. The van der Waals surface area contributed by atoms with E-state index in [1.807, 2.05) is 18.2 Å². The molecule has 0 aliphatic carbocycles. The third kappa shape index (κ3) is 1.93. The first-order chi connectivity index (χ1) is 8.19. The third-order valence-corrected chi connectivity index (χ3v) is 3.55. The van der Waals surface area contributed by atoms with Gasteiger partial charge in [0, 0.05) is 4.70 Å². The van der Waals surface area contributed by atoms with Crippen LogP contribution >= 0.6 is 11.3 Å². The molecule has 17 heavy (non-hydrogen) atoms. The number of benzene rings is 1. The number of hydrogen-bond acceptors (Lipinski definition) is 5. The molecule has 2 aromatic rings. The number of fused-ring (bicyclic) bond motifs is 1. The van der Waals surface area contributed by atoms with Crippen LogP contribution in [0.5, 0.6) is 5.75 Å². The number of anilines is 1. The standard InChI is InChI=1S/C12H13NO3S/c1-3-16-12(14)11-10(13)9-7(15-2)5-4-6-8(9)17-11/h4-6H,3,13H2,1-2H3. The summed E-state index contributed by atoms with van der Waals surface area (Å²) in [7, 11) is 1.58. The lowest BCUT2D eigenvalue weighted by molar-refractivity contribution is 0.0533. The van der Waals surface area contributed by atoms with Crippen LogP contribution in [0.4, 0.5) is 5.69 Å². The number of nitrogens with two attached hydrogens (primary N) is 1. The maximum Gasteiger partial charge on any atom is 0.350 e. The number of carbonyl (C=O) groups is 1. The van der Waals surface area contributed by atoms with Gasteiger partial charge in [-0.3, -0.25) is 0 Å². The van der Waals surface area contributed by atoms with E-state index in [0.717, 1.165) is 10.1 Å². The first-order valence-electron chi connectivity index (χ1n) is 5.21. The molecule has 0 amide bonds. The monoisotopic (exact) mass is 251 g/mol. The summed E-state index contributed by atoms with van der Waals surface area (Å²) in [6.07, 6.45) is 0. The summed E-state index contributed by atoms with van der Waals surface area (Å²) >= 11 is 1.32. The molecular formula is C12H13NO3S. The number of hydrogen-bond donors (Lipinski definition) is 1. The molecule has 90 valence electrons. The Morgan fingerprint density at radius 3 is 2.88 bits per heavy atom. The maximum atomic E-state index is 11.7. The van der Waals surface area contributed by atoms with E-state index in [2.05, 4.69) is 0 Å². The predicted molar refractivity (Wildman–Crippen MR) is 68.7 cm³/mol. The number of carbonyl (C=O) groups excluding carboxylic acids is 1. The smallest absolute Gasteiger partial charge is 0.350 e. The lowest BCUT2D eigenvalue weighted by atomic mass is 10.2. The minimum atomic E-state index is -0.381. The second-order valence-electron chi connectivity index (χ2n) is 3.40. The Hall–Kier alpha value is -1.75. The van der Waals surface area contributed by atoms with Gasteiger partial charge in [-0.15, -0.1) is 11.3 Å². The molecule has 2 rings (SSSR count).